The van der Waals surface area contributed by atoms with E-state index in [-0.39, 0.29) is 29.2 Å². The molecule has 1 saturated heterocycles. The SMILES string of the molecule is CCC(C)NC(=O)c1cccc(C(=O)Nc2ccc(N3CCCC3)cc2)n1. The monoisotopic (exact) mass is 366 g/mol. The van der Waals surface area contributed by atoms with Crippen LogP contribution in [0, 0.1) is 0 Å². The van der Waals surface area contributed by atoms with Crippen LogP contribution in [0.3, 0.4) is 0 Å². The van der Waals surface area contributed by atoms with Crippen LogP contribution in [0.15, 0.2) is 42.5 Å². The zero-order chi connectivity index (χ0) is 19.2. The standard InChI is InChI=1S/C21H26N4O2/c1-3-15(2)22-20(26)18-7-6-8-19(24-18)21(27)23-16-9-11-17(12-10-16)25-13-4-5-14-25/h6-12,15H,3-5,13-14H2,1-2H3,(H,22,26)(H,23,27). The first-order chi connectivity index (χ1) is 13.1. The summed E-state index contributed by atoms with van der Waals surface area (Å²) in [6.45, 7) is 6.10. The summed E-state index contributed by atoms with van der Waals surface area (Å²) in [6, 6.07) is 12.8. The van der Waals surface area contributed by atoms with Crippen LogP contribution in [0.4, 0.5) is 11.4 Å². The lowest BCUT2D eigenvalue weighted by atomic mass is 10.2. The van der Waals surface area contributed by atoms with Crippen LogP contribution < -0.4 is 15.5 Å². The first kappa shape index (κ1) is 18.9. The van der Waals surface area contributed by atoms with Gasteiger partial charge in [0.15, 0.2) is 0 Å². The topological polar surface area (TPSA) is 74.3 Å². The molecule has 2 heterocycles. The van der Waals surface area contributed by atoms with E-state index in [0.29, 0.717) is 5.69 Å². The van der Waals surface area contributed by atoms with Gasteiger partial charge in [-0.1, -0.05) is 13.0 Å². The number of anilines is 2. The number of pyridine rings is 1. The number of hydrogen-bond acceptors (Lipinski definition) is 4. The molecule has 3 rings (SSSR count). The van der Waals surface area contributed by atoms with Gasteiger partial charge in [-0.3, -0.25) is 9.59 Å². The molecule has 1 aromatic carbocycles. The van der Waals surface area contributed by atoms with Crippen LogP contribution in [0.2, 0.25) is 0 Å². The van der Waals surface area contributed by atoms with Crippen LogP contribution >= 0.6 is 0 Å². The van der Waals surface area contributed by atoms with E-state index in [9.17, 15) is 9.59 Å². The third-order valence-corrected chi connectivity index (χ3v) is 4.80. The summed E-state index contributed by atoms with van der Waals surface area (Å²) in [5.41, 5.74) is 2.34. The molecule has 1 fully saturated rings. The predicted molar refractivity (Wildman–Crippen MR) is 107 cm³/mol. The fourth-order valence-electron chi connectivity index (χ4n) is 3.01. The summed E-state index contributed by atoms with van der Waals surface area (Å²) in [5, 5.41) is 5.70. The molecule has 0 spiro atoms. The van der Waals surface area contributed by atoms with Crippen molar-refractivity contribution >= 4 is 23.2 Å². The Bertz CT molecular complexity index is 798. The minimum absolute atomic E-state index is 0.0610. The number of amides is 2. The van der Waals surface area contributed by atoms with Gasteiger partial charge < -0.3 is 15.5 Å². The van der Waals surface area contributed by atoms with E-state index in [1.165, 1.54) is 18.5 Å². The Morgan fingerprint density at radius 3 is 2.30 bits per heavy atom. The lowest BCUT2D eigenvalue weighted by Gasteiger charge is -2.17. The van der Waals surface area contributed by atoms with Gasteiger partial charge in [-0.15, -0.1) is 0 Å². The lowest BCUT2D eigenvalue weighted by molar-refractivity contribution is 0.0934. The predicted octanol–water partition coefficient (Wildman–Crippen LogP) is 3.46. The Hall–Kier alpha value is -2.89. The van der Waals surface area contributed by atoms with Gasteiger partial charge >= 0.3 is 0 Å². The van der Waals surface area contributed by atoms with Gasteiger partial charge in [0.2, 0.25) is 0 Å². The summed E-state index contributed by atoms with van der Waals surface area (Å²) in [5.74, 6) is -0.601. The molecule has 2 amide bonds. The molecular formula is C21H26N4O2. The maximum Gasteiger partial charge on any atom is 0.274 e. The molecule has 1 atom stereocenters. The largest absolute Gasteiger partial charge is 0.372 e. The fourth-order valence-corrected chi connectivity index (χ4v) is 3.01. The number of nitrogens with zero attached hydrogens (tertiary/aromatic N) is 2. The van der Waals surface area contributed by atoms with Crippen molar-refractivity contribution in [3.63, 3.8) is 0 Å². The number of benzene rings is 1. The van der Waals surface area contributed by atoms with Gasteiger partial charge in [0, 0.05) is 30.5 Å². The average Bonchev–Trinajstić information content (AvgIpc) is 3.23. The normalized spacial score (nSPS) is 14.7. The van der Waals surface area contributed by atoms with Gasteiger partial charge in [-0.2, -0.15) is 0 Å². The lowest BCUT2D eigenvalue weighted by Crippen LogP contribution is -2.32. The minimum Gasteiger partial charge on any atom is -0.372 e. The highest BCUT2D eigenvalue weighted by atomic mass is 16.2. The van der Waals surface area contributed by atoms with Crippen molar-refractivity contribution in [1.82, 2.24) is 10.3 Å². The molecule has 1 aliphatic rings. The van der Waals surface area contributed by atoms with Gasteiger partial charge in [-0.25, -0.2) is 4.98 Å². The van der Waals surface area contributed by atoms with Crippen molar-refractivity contribution in [2.45, 2.75) is 39.2 Å². The number of carbonyl (C=O) groups excluding carboxylic acids is 2. The maximum atomic E-state index is 12.5. The summed E-state index contributed by atoms with van der Waals surface area (Å²) in [7, 11) is 0. The summed E-state index contributed by atoms with van der Waals surface area (Å²) >= 11 is 0. The van der Waals surface area contributed by atoms with E-state index < -0.39 is 0 Å². The van der Waals surface area contributed by atoms with E-state index in [1.54, 1.807) is 18.2 Å². The van der Waals surface area contributed by atoms with E-state index in [4.69, 9.17) is 0 Å². The zero-order valence-corrected chi connectivity index (χ0v) is 15.9. The van der Waals surface area contributed by atoms with E-state index in [0.717, 1.165) is 19.5 Å². The number of rotatable bonds is 6. The molecule has 0 bridgehead atoms. The number of hydrogen-bond donors (Lipinski definition) is 2. The highest BCUT2D eigenvalue weighted by Gasteiger charge is 2.15. The van der Waals surface area contributed by atoms with Gasteiger partial charge in [-0.05, 0) is 62.6 Å². The Morgan fingerprint density at radius 1 is 1.04 bits per heavy atom. The molecule has 6 nitrogen and oxygen atoms in total. The van der Waals surface area contributed by atoms with Crippen LogP contribution in [0.1, 0.15) is 54.1 Å². The van der Waals surface area contributed by atoms with E-state index in [2.05, 4.69) is 20.5 Å². The smallest absolute Gasteiger partial charge is 0.274 e. The van der Waals surface area contributed by atoms with Crippen LogP contribution in [0.5, 0.6) is 0 Å². The molecule has 1 aliphatic heterocycles. The molecular weight excluding hydrogens is 340 g/mol. The second kappa shape index (κ2) is 8.66. The first-order valence-electron chi connectivity index (χ1n) is 9.51. The van der Waals surface area contributed by atoms with Gasteiger partial charge in [0.25, 0.3) is 11.8 Å². The van der Waals surface area contributed by atoms with Crippen molar-refractivity contribution in [2.75, 3.05) is 23.3 Å². The van der Waals surface area contributed by atoms with Gasteiger partial charge in [0.05, 0.1) is 0 Å². The van der Waals surface area contributed by atoms with Crippen LogP contribution in [0.25, 0.3) is 0 Å². The summed E-state index contributed by atoms with van der Waals surface area (Å²) < 4.78 is 0. The Morgan fingerprint density at radius 2 is 1.67 bits per heavy atom. The second-order valence-corrected chi connectivity index (χ2v) is 6.89. The van der Waals surface area contributed by atoms with Crippen molar-refractivity contribution in [2.24, 2.45) is 0 Å². The van der Waals surface area contributed by atoms with Crippen LogP contribution in [-0.4, -0.2) is 35.9 Å². The highest BCUT2D eigenvalue weighted by Crippen LogP contribution is 2.22. The fraction of sp³-hybridized carbons (Fsp3) is 0.381. The molecule has 6 heteroatoms. The van der Waals surface area contributed by atoms with Crippen molar-refractivity contribution in [3.8, 4) is 0 Å². The molecule has 1 aromatic heterocycles. The third-order valence-electron chi connectivity index (χ3n) is 4.80. The molecule has 2 aromatic rings. The first-order valence-corrected chi connectivity index (χ1v) is 9.51. The second-order valence-electron chi connectivity index (χ2n) is 6.89. The average molecular weight is 366 g/mol. The number of aromatic nitrogens is 1. The third kappa shape index (κ3) is 4.84. The molecule has 0 aliphatic carbocycles. The van der Waals surface area contributed by atoms with Crippen molar-refractivity contribution < 1.29 is 9.59 Å². The molecule has 0 radical (unpaired) electrons. The quantitative estimate of drug-likeness (QED) is 0.821. The number of carbonyl (C=O) groups is 2. The van der Waals surface area contributed by atoms with E-state index >= 15 is 0 Å². The molecule has 1 unspecified atom stereocenters. The minimum atomic E-state index is -0.331. The highest BCUT2D eigenvalue weighted by molar-refractivity contribution is 6.03. The van der Waals surface area contributed by atoms with Crippen LogP contribution in [-0.2, 0) is 0 Å². The van der Waals surface area contributed by atoms with Crippen molar-refractivity contribution in [3.05, 3.63) is 53.9 Å². The maximum absolute atomic E-state index is 12.5. The summed E-state index contributed by atoms with van der Waals surface area (Å²) in [6.07, 6.45) is 3.29. The Balaban J connectivity index is 1.65. The summed E-state index contributed by atoms with van der Waals surface area (Å²) in [4.78, 5) is 31.2. The van der Waals surface area contributed by atoms with Gasteiger partial charge in [0.1, 0.15) is 11.4 Å². The molecule has 142 valence electrons. The van der Waals surface area contributed by atoms with Crippen molar-refractivity contribution in [1.29, 1.82) is 0 Å². The molecule has 27 heavy (non-hydrogen) atoms. The Kier molecular flexibility index (Phi) is 6.06. The van der Waals surface area contributed by atoms with E-state index in [1.807, 2.05) is 38.1 Å². The number of nitrogens with one attached hydrogen (secondary N) is 2. The molecule has 0 saturated carbocycles. The molecule has 2 N–H and O–H groups in total. The Labute approximate surface area is 160 Å². The zero-order valence-electron chi connectivity index (χ0n) is 15.9.